The van der Waals surface area contributed by atoms with E-state index in [9.17, 15) is 4.79 Å². The van der Waals surface area contributed by atoms with Crippen LogP contribution in [0, 0.1) is 11.8 Å². The molecule has 0 aliphatic rings. The Morgan fingerprint density at radius 2 is 1.89 bits per heavy atom. The predicted molar refractivity (Wildman–Crippen MR) is 108 cm³/mol. The summed E-state index contributed by atoms with van der Waals surface area (Å²) in [6.45, 7) is 9.44. The summed E-state index contributed by atoms with van der Waals surface area (Å²) < 4.78 is 7.57. The molecule has 6 nitrogen and oxygen atoms in total. The number of hydrogen-bond acceptors (Lipinski definition) is 4. The molecule has 27 heavy (non-hydrogen) atoms. The van der Waals surface area contributed by atoms with Gasteiger partial charge in [-0.2, -0.15) is 5.10 Å². The first-order valence-electron chi connectivity index (χ1n) is 9.58. The van der Waals surface area contributed by atoms with Gasteiger partial charge in [-0.3, -0.25) is 4.79 Å². The van der Waals surface area contributed by atoms with Crippen LogP contribution in [0.2, 0.25) is 0 Å². The van der Waals surface area contributed by atoms with Crippen molar-refractivity contribution in [1.82, 2.24) is 14.7 Å². The number of nitrogens with two attached hydrogens (primary N) is 1. The van der Waals surface area contributed by atoms with E-state index >= 15 is 0 Å². The first kappa shape index (κ1) is 21.0. The van der Waals surface area contributed by atoms with Crippen molar-refractivity contribution in [2.45, 2.75) is 40.2 Å². The molecule has 1 heterocycles. The highest BCUT2D eigenvalue weighted by atomic mass is 16.5. The lowest BCUT2D eigenvalue weighted by atomic mass is 10.0. The molecule has 1 atom stereocenters. The smallest absolute Gasteiger partial charge is 0.277 e. The fourth-order valence-electron chi connectivity index (χ4n) is 2.54. The Hall–Kier alpha value is -2.34. The van der Waals surface area contributed by atoms with Crippen LogP contribution in [0.15, 0.2) is 36.5 Å². The minimum atomic E-state index is -0.153. The molecule has 0 fully saturated rings. The molecule has 0 saturated carbocycles. The van der Waals surface area contributed by atoms with Crippen molar-refractivity contribution in [3.05, 3.63) is 42.2 Å². The average molecular weight is 373 g/mol. The van der Waals surface area contributed by atoms with Gasteiger partial charge in [0.05, 0.1) is 18.5 Å². The maximum Gasteiger partial charge on any atom is 0.277 e. The van der Waals surface area contributed by atoms with Gasteiger partial charge >= 0.3 is 0 Å². The maximum absolute atomic E-state index is 13.0. The van der Waals surface area contributed by atoms with Gasteiger partial charge in [-0.05, 0) is 30.4 Å². The Bertz CT molecular complexity index is 725. The van der Waals surface area contributed by atoms with Crippen molar-refractivity contribution in [3.63, 3.8) is 0 Å². The molecule has 0 radical (unpaired) electrons. The van der Waals surface area contributed by atoms with Gasteiger partial charge in [-0.1, -0.05) is 45.9 Å². The predicted octanol–water partition coefficient (Wildman–Crippen LogP) is 3.35. The van der Waals surface area contributed by atoms with E-state index in [1.165, 1.54) is 0 Å². The topological polar surface area (TPSA) is 73.4 Å². The van der Waals surface area contributed by atoms with Crippen molar-refractivity contribution < 1.29 is 9.53 Å². The monoisotopic (exact) mass is 372 g/mol. The molecule has 0 spiro atoms. The lowest BCUT2D eigenvalue weighted by Gasteiger charge is -2.21. The van der Waals surface area contributed by atoms with Gasteiger partial charge < -0.3 is 15.4 Å². The molecule has 0 aliphatic carbocycles. The van der Waals surface area contributed by atoms with Crippen LogP contribution in [0.3, 0.4) is 0 Å². The number of amides is 1. The normalized spacial score (nSPS) is 12.4. The van der Waals surface area contributed by atoms with Crippen LogP contribution >= 0.6 is 0 Å². The standard InChI is InChI=1S/C21H32N4O2/c1-15(2)14-27-19-13-25(17-9-7-6-8-10-17)23-20(19)21(26)24(5)12-11-18(22)16(3)4/h6-10,13,15-16,18H,11-12,14,22H2,1-5H3. The number of para-hydroxylation sites is 1. The molecule has 6 heteroatoms. The summed E-state index contributed by atoms with van der Waals surface area (Å²) in [7, 11) is 1.78. The number of hydrogen-bond donors (Lipinski definition) is 1. The zero-order valence-corrected chi connectivity index (χ0v) is 17.1. The molecule has 2 rings (SSSR count). The van der Waals surface area contributed by atoms with Gasteiger partial charge in [0.15, 0.2) is 11.4 Å². The average Bonchev–Trinajstić information content (AvgIpc) is 3.08. The number of nitrogens with zero attached hydrogens (tertiary/aromatic N) is 3. The summed E-state index contributed by atoms with van der Waals surface area (Å²) in [6, 6.07) is 9.77. The first-order chi connectivity index (χ1) is 12.8. The number of benzene rings is 1. The van der Waals surface area contributed by atoms with E-state index in [1.807, 2.05) is 30.3 Å². The molecule has 2 N–H and O–H groups in total. The maximum atomic E-state index is 13.0. The van der Waals surface area contributed by atoms with Gasteiger partial charge in [-0.25, -0.2) is 4.68 Å². The van der Waals surface area contributed by atoms with Crippen molar-refractivity contribution >= 4 is 5.91 Å². The van der Waals surface area contributed by atoms with Crippen molar-refractivity contribution in [2.75, 3.05) is 20.2 Å². The van der Waals surface area contributed by atoms with E-state index in [0.29, 0.717) is 36.4 Å². The molecule has 2 aromatic rings. The number of carbonyl (C=O) groups is 1. The highest BCUT2D eigenvalue weighted by molar-refractivity contribution is 5.94. The van der Waals surface area contributed by atoms with Gasteiger partial charge in [-0.15, -0.1) is 0 Å². The second kappa shape index (κ2) is 9.55. The summed E-state index contributed by atoms with van der Waals surface area (Å²) in [5.41, 5.74) is 7.33. The molecule has 1 aromatic carbocycles. The minimum Gasteiger partial charge on any atom is -0.489 e. The quantitative estimate of drug-likeness (QED) is 0.732. The van der Waals surface area contributed by atoms with Crippen LogP contribution in [-0.4, -0.2) is 46.8 Å². The third-order valence-corrected chi connectivity index (χ3v) is 4.48. The number of carbonyl (C=O) groups excluding carboxylic acids is 1. The molecule has 0 saturated heterocycles. The second-order valence-corrected chi connectivity index (χ2v) is 7.75. The van der Waals surface area contributed by atoms with Crippen LogP contribution in [-0.2, 0) is 0 Å². The van der Waals surface area contributed by atoms with Crippen molar-refractivity contribution in [3.8, 4) is 11.4 Å². The van der Waals surface area contributed by atoms with Crippen molar-refractivity contribution in [2.24, 2.45) is 17.6 Å². The number of rotatable bonds is 9. The van der Waals surface area contributed by atoms with Gasteiger partial charge in [0.1, 0.15) is 0 Å². The summed E-state index contributed by atoms with van der Waals surface area (Å²) in [4.78, 5) is 14.6. The summed E-state index contributed by atoms with van der Waals surface area (Å²) in [6.07, 6.45) is 2.53. The van der Waals surface area contributed by atoms with Crippen LogP contribution in [0.1, 0.15) is 44.6 Å². The summed E-state index contributed by atoms with van der Waals surface area (Å²) in [5, 5.41) is 4.51. The molecule has 0 bridgehead atoms. The molecule has 148 valence electrons. The third kappa shape index (κ3) is 5.82. The highest BCUT2D eigenvalue weighted by Crippen LogP contribution is 2.22. The van der Waals surface area contributed by atoms with Crippen LogP contribution in [0.4, 0.5) is 0 Å². The zero-order valence-electron chi connectivity index (χ0n) is 17.1. The lowest BCUT2D eigenvalue weighted by Crippen LogP contribution is -2.35. The van der Waals surface area contributed by atoms with Gasteiger partial charge in [0, 0.05) is 19.6 Å². The third-order valence-electron chi connectivity index (χ3n) is 4.48. The largest absolute Gasteiger partial charge is 0.489 e. The molecular weight excluding hydrogens is 340 g/mol. The molecule has 1 aromatic heterocycles. The van der Waals surface area contributed by atoms with Gasteiger partial charge in [0.25, 0.3) is 5.91 Å². The number of ether oxygens (including phenoxy) is 1. The van der Waals surface area contributed by atoms with E-state index in [0.717, 1.165) is 12.1 Å². The van der Waals surface area contributed by atoms with Crippen LogP contribution < -0.4 is 10.5 Å². The second-order valence-electron chi connectivity index (χ2n) is 7.75. The van der Waals surface area contributed by atoms with Crippen LogP contribution in [0.25, 0.3) is 5.69 Å². The van der Waals surface area contributed by atoms with E-state index in [4.69, 9.17) is 10.5 Å². The Balaban J connectivity index is 2.21. The Labute approximate surface area is 162 Å². The SMILES string of the molecule is CC(C)COc1cn(-c2ccccc2)nc1C(=O)N(C)CCC(N)C(C)C. The van der Waals surface area contributed by atoms with Gasteiger partial charge in [0.2, 0.25) is 0 Å². The van der Waals surface area contributed by atoms with Crippen molar-refractivity contribution in [1.29, 1.82) is 0 Å². The Morgan fingerprint density at radius 3 is 2.48 bits per heavy atom. The molecule has 0 aliphatic heterocycles. The Morgan fingerprint density at radius 1 is 1.22 bits per heavy atom. The van der Waals surface area contributed by atoms with Crippen LogP contribution in [0.5, 0.6) is 5.75 Å². The number of aromatic nitrogens is 2. The Kier molecular flexibility index (Phi) is 7.42. The molecule has 1 amide bonds. The van der Waals surface area contributed by atoms with E-state index in [2.05, 4.69) is 32.8 Å². The minimum absolute atomic E-state index is 0.0683. The lowest BCUT2D eigenvalue weighted by molar-refractivity contribution is 0.0778. The highest BCUT2D eigenvalue weighted by Gasteiger charge is 2.23. The summed E-state index contributed by atoms with van der Waals surface area (Å²) in [5.74, 6) is 1.10. The fourth-order valence-corrected chi connectivity index (χ4v) is 2.54. The van der Waals surface area contributed by atoms with E-state index in [-0.39, 0.29) is 11.9 Å². The molecule has 1 unspecified atom stereocenters. The zero-order chi connectivity index (χ0) is 20.0. The van der Waals surface area contributed by atoms with E-state index < -0.39 is 0 Å². The summed E-state index contributed by atoms with van der Waals surface area (Å²) >= 11 is 0. The molecular formula is C21H32N4O2. The van der Waals surface area contributed by atoms with E-state index in [1.54, 1.807) is 22.8 Å². The first-order valence-corrected chi connectivity index (χ1v) is 9.58. The fraction of sp³-hybridized carbons (Fsp3) is 0.524.